The Kier molecular flexibility index (Phi) is 4.81. The fraction of sp³-hybridized carbons (Fsp3) is 0.375. The maximum absolute atomic E-state index is 13.1. The van der Waals surface area contributed by atoms with Crippen LogP contribution in [-0.2, 0) is 11.8 Å². The summed E-state index contributed by atoms with van der Waals surface area (Å²) < 4.78 is 13.7. The van der Waals surface area contributed by atoms with Crippen molar-refractivity contribution in [1.82, 2.24) is 9.97 Å². The molecule has 0 aliphatic heterocycles. The first-order chi connectivity index (χ1) is 9.86. The van der Waals surface area contributed by atoms with E-state index in [9.17, 15) is 9.18 Å². The van der Waals surface area contributed by atoms with Crippen molar-refractivity contribution in [3.05, 3.63) is 61.1 Å². The molecule has 0 spiro atoms. The molecule has 0 fully saturated rings. The highest BCUT2D eigenvalue weighted by molar-refractivity contribution is 14.1. The highest BCUT2D eigenvalue weighted by atomic mass is 127. The van der Waals surface area contributed by atoms with Crippen LogP contribution in [0.3, 0.4) is 0 Å². The van der Waals surface area contributed by atoms with E-state index in [1.165, 1.54) is 12.1 Å². The lowest BCUT2D eigenvalue weighted by Gasteiger charge is -2.25. The molecule has 112 valence electrons. The summed E-state index contributed by atoms with van der Waals surface area (Å²) in [4.78, 5) is 19.6. The van der Waals surface area contributed by atoms with Gasteiger partial charge in [-0.3, -0.25) is 4.79 Å². The fourth-order valence-corrected chi connectivity index (χ4v) is 2.73. The Morgan fingerprint density at radius 2 is 1.90 bits per heavy atom. The Morgan fingerprint density at radius 3 is 2.48 bits per heavy atom. The van der Waals surface area contributed by atoms with Crippen molar-refractivity contribution in [2.45, 2.75) is 39.0 Å². The Bertz CT molecular complexity index is 692. The maximum atomic E-state index is 13.1. The molecule has 3 nitrogen and oxygen atoms in total. The first-order valence-corrected chi connectivity index (χ1v) is 7.99. The Balaban J connectivity index is 2.53. The van der Waals surface area contributed by atoms with Gasteiger partial charge in [0.1, 0.15) is 11.6 Å². The van der Waals surface area contributed by atoms with E-state index < -0.39 is 5.41 Å². The monoisotopic (exact) mass is 400 g/mol. The molecule has 21 heavy (non-hydrogen) atoms. The fourth-order valence-electron chi connectivity index (χ4n) is 2.21. The van der Waals surface area contributed by atoms with Gasteiger partial charge in [-0.1, -0.05) is 25.5 Å². The van der Waals surface area contributed by atoms with Gasteiger partial charge in [0.25, 0.3) is 5.56 Å². The van der Waals surface area contributed by atoms with Crippen LogP contribution in [0, 0.1) is 9.39 Å². The number of aryl methyl sites for hydroxylation is 1. The average Bonchev–Trinajstić information content (AvgIpc) is 2.44. The van der Waals surface area contributed by atoms with Crippen LogP contribution in [0.15, 0.2) is 29.1 Å². The van der Waals surface area contributed by atoms with Crippen LogP contribution in [0.2, 0.25) is 0 Å². The summed E-state index contributed by atoms with van der Waals surface area (Å²) in [5.74, 6) is 0.341. The topological polar surface area (TPSA) is 45.8 Å². The molecule has 1 N–H and O–H groups in total. The number of nitrogens with one attached hydrogen (secondary N) is 1. The summed E-state index contributed by atoms with van der Waals surface area (Å²) in [7, 11) is 0. The molecule has 0 aliphatic rings. The van der Waals surface area contributed by atoms with E-state index in [2.05, 4.69) is 16.9 Å². The van der Waals surface area contributed by atoms with Gasteiger partial charge in [-0.2, -0.15) is 0 Å². The molecule has 0 saturated carbocycles. The highest BCUT2D eigenvalue weighted by Gasteiger charge is 2.27. The smallest absolute Gasteiger partial charge is 0.264 e. The number of benzene rings is 1. The number of hydrogen-bond acceptors (Lipinski definition) is 2. The number of H-pyrrole nitrogens is 1. The predicted octanol–water partition coefficient (Wildman–Crippen LogP) is 3.79. The molecule has 0 atom stereocenters. The second-order valence-electron chi connectivity index (χ2n) is 5.56. The lowest BCUT2D eigenvalue weighted by Crippen LogP contribution is -2.28. The molecular formula is C16H18FIN2O. The lowest BCUT2D eigenvalue weighted by molar-refractivity contribution is 0.574. The van der Waals surface area contributed by atoms with Gasteiger partial charge in [0.05, 0.1) is 9.26 Å². The first kappa shape index (κ1) is 16.1. The van der Waals surface area contributed by atoms with Crippen molar-refractivity contribution in [3.63, 3.8) is 0 Å². The van der Waals surface area contributed by atoms with Crippen LogP contribution in [0.5, 0.6) is 0 Å². The van der Waals surface area contributed by atoms with Crippen LogP contribution >= 0.6 is 22.6 Å². The molecule has 1 heterocycles. The van der Waals surface area contributed by atoms with Crippen LogP contribution in [0.1, 0.15) is 44.3 Å². The molecule has 2 rings (SSSR count). The molecule has 0 aliphatic carbocycles. The van der Waals surface area contributed by atoms with E-state index in [-0.39, 0.29) is 11.4 Å². The number of rotatable bonds is 4. The quantitative estimate of drug-likeness (QED) is 0.794. The molecule has 0 bridgehead atoms. The SMILES string of the molecule is CCCc1nc(C(C)(C)c2ccc(F)cc2)[nH]c(=O)c1I. The highest BCUT2D eigenvalue weighted by Crippen LogP contribution is 2.29. The van der Waals surface area contributed by atoms with E-state index in [1.807, 2.05) is 36.4 Å². The van der Waals surface area contributed by atoms with Crippen molar-refractivity contribution in [3.8, 4) is 0 Å². The minimum Gasteiger partial charge on any atom is -0.309 e. The normalized spacial score (nSPS) is 11.7. The van der Waals surface area contributed by atoms with Gasteiger partial charge in [0.15, 0.2) is 0 Å². The third-order valence-electron chi connectivity index (χ3n) is 3.58. The van der Waals surface area contributed by atoms with E-state index in [1.54, 1.807) is 12.1 Å². The lowest BCUT2D eigenvalue weighted by atomic mass is 9.83. The van der Waals surface area contributed by atoms with Crippen LogP contribution in [0.4, 0.5) is 4.39 Å². The van der Waals surface area contributed by atoms with E-state index in [0.717, 1.165) is 24.1 Å². The van der Waals surface area contributed by atoms with Gasteiger partial charge in [-0.25, -0.2) is 9.37 Å². The van der Waals surface area contributed by atoms with Crippen molar-refractivity contribution < 1.29 is 4.39 Å². The zero-order chi connectivity index (χ0) is 15.6. The van der Waals surface area contributed by atoms with Gasteiger partial charge in [-0.15, -0.1) is 0 Å². The summed E-state index contributed by atoms with van der Waals surface area (Å²) in [6, 6.07) is 6.31. The molecule has 0 unspecified atom stereocenters. The second-order valence-corrected chi connectivity index (χ2v) is 6.64. The van der Waals surface area contributed by atoms with Crippen LogP contribution in [-0.4, -0.2) is 9.97 Å². The van der Waals surface area contributed by atoms with Gasteiger partial charge in [0.2, 0.25) is 0 Å². The standard InChI is InChI=1S/C16H18FIN2O/c1-4-5-12-13(18)14(21)20-15(19-12)16(2,3)10-6-8-11(17)9-7-10/h6-9H,4-5H2,1-3H3,(H,19,20,21). The predicted molar refractivity (Wildman–Crippen MR) is 90.1 cm³/mol. The van der Waals surface area contributed by atoms with Gasteiger partial charge < -0.3 is 4.98 Å². The zero-order valence-corrected chi connectivity index (χ0v) is 14.5. The first-order valence-electron chi connectivity index (χ1n) is 6.91. The van der Waals surface area contributed by atoms with E-state index in [0.29, 0.717) is 9.39 Å². The van der Waals surface area contributed by atoms with Crippen molar-refractivity contribution >= 4 is 22.6 Å². The minimum absolute atomic E-state index is 0.112. The zero-order valence-electron chi connectivity index (χ0n) is 12.3. The summed E-state index contributed by atoms with van der Waals surface area (Å²) in [5.41, 5.74) is 1.14. The minimum atomic E-state index is -0.486. The summed E-state index contributed by atoms with van der Waals surface area (Å²) in [6.07, 6.45) is 1.71. The molecule has 0 amide bonds. The molecule has 0 radical (unpaired) electrons. The van der Waals surface area contributed by atoms with Crippen LogP contribution in [0.25, 0.3) is 0 Å². The maximum Gasteiger partial charge on any atom is 0.264 e. The molecule has 2 aromatic rings. The number of aromatic nitrogens is 2. The Labute approximate surface area is 137 Å². The third-order valence-corrected chi connectivity index (χ3v) is 4.69. The molecule has 5 heteroatoms. The van der Waals surface area contributed by atoms with Crippen molar-refractivity contribution in [2.75, 3.05) is 0 Å². The summed E-state index contributed by atoms with van der Waals surface area (Å²) in [5, 5.41) is 0. The van der Waals surface area contributed by atoms with Gasteiger partial charge in [0, 0.05) is 5.41 Å². The van der Waals surface area contributed by atoms with E-state index >= 15 is 0 Å². The summed E-state index contributed by atoms with van der Waals surface area (Å²) >= 11 is 2.04. The average molecular weight is 400 g/mol. The number of nitrogens with zero attached hydrogens (tertiary/aromatic N) is 1. The van der Waals surface area contributed by atoms with Crippen molar-refractivity contribution in [1.29, 1.82) is 0 Å². The molecule has 1 aromatic carbocycles. The third kappa shape index (κ3) is 3.33. The molecule has 0 saturated heterocycles. The van der Waals surface area contributed by atoms with Crippen molar-refractivity contribution in [2.24, 2.45) is 0 Å². The molecular weight excluding hydrogens is 382 g/mol. The Morgan fingerprint density at radius 1 is 1.29 bits per heavy atom. The Hall–Kier alpha value is -1.24. The van der Waals surface area contributed by atoms with Gasteiger partial charge >= 0.3 is 0 Å². The van der Waals surface area contributed by atoms with Crippen LogP contribution < -0.4 is 5.56 Å². The number of hydrogen-bond donors (Lipinski definition) is 1. The number of aromatic amines is 1. The van der Waals surface area contributed by atoms with E-state index in [4.69, 9.17) is 0 Å². The second kappa shape index (κ2) is 6.25. The largest absolute Gasteiger partial charge is 0.309 e. The summed E-state index contributed by atoms with van der Waals surface area (Å²) in [6.45, 7) is 6.01. The number of halogens is 2. The van der Waals surface area contributed by atoms with Gasteiger partial charge in [-0.05, 0) is 60.6 Å². The molecule has 1 aromatic heterocycles.